The van der Waals surface area contributed by atoms with Gasteiger partial charge in [0.2, 0.25) is 0 Å². The lowest BCUT2D eigenvalue weighted by Crippen LogP contribution is -2.32. The molecule has 10 heteroatoms. The summed E-state index contributed by atoms with van der Waals surface area (Å²) in [7, 11) is 3.08. The monoisotopic (exact) mass is 603 g/mol. The van der Waals surface area contributed by atoms with Gasteiger partial charge in [0.05, 0.1) is 30.1 Å². The highest BCUT2D eigenvalue weighted by atomic mass is 79.9. The molecule has 0 spiro atoms. The van der Waals surface area contributed by atoms with Gasteiger partial charge in [-0.25, -0.2) is 0 Å². The molecule has 0 radical (unpaired) electrons. The lowest BCUT2D eigenvalue weighted by atomic mass is 10.1. The predicted molar refractivity (Wildman–Crippen MR) is 148 cm³/mol. The predicted octanol–water partition coefficient (Wildman–Crippen LogP) is 6.81. The van der Waals surface area contributed by atoms with Crippen LogP contribution in [0.15, 0.2) is 70.0 Å². The molecule has 1 heterocycles. The summed E-state index contributed by atoms with van der Waals surface area (Å²) >= 11 is 10.6. The topological polar surface area (TPSA) is 74.3 Å². The second-order valence-corrected chi connectivity index (χ2v) is 10.0. The molecule has 2 amide bonds. The van der Waals surface area contributed by atoms with E-state index in [2.05, 4.69) is 15.9 Å². The molecule has 0 bridgehead atoms. The molecule has 3 aromatic carbocycles. The highest BCUT2D eigenvalue weighted by Crippen LogP contribution is 2.39. The summed E-state index contributed by atoms with van der Waals surface area (Å²) in [6, 6.07) is 18.1. The standard InChI is InChI=1S/C27H23BrClNO6S/c1-33-21-9-5-6-10-22(21)35-12-11-30-26(31)24(37-27(30)32)15-17-13-19(28)25(23(14-17)34-2)36-16-18-7-3-4-8-20(18)29/h3-10,13-15H,11-12,16H2,1-2H3/b24-15-. The highest BCUT2D eigenvalue weighted by Gasteiger charge is 2.35. The fourth-order valence-corrected chi connectivity index (χ4v) is 5.19. The number of hydrogen-bond donors (Lipinski definition) is 0. The van der Waals surface area contributed by atoms with Crippen LogP contribution in [0.4, 0.5) is 4.79 Å². The number of nitrogens with zero attached hydrogens (tertiary/aromatic N) is 1. The summed E-state index contributed by atoms with van der Waals surface area (Å²) in [5.41, 5.74) is 1.51. The van der Waals surface area contributed by atoms with Crippen LogP contribution in [-0.4, -0.2) is 43.4 Å². The minimum absolute atomic E-state index is 0.113. The van der Waals surface area contributed by atoms with Crippen molar-refractivity contribution in [3.8, 4) is 23.0 Å². The molecule has 1 aliphatic heterocycles. The van der Waals surface area contributed by atoms with Gasteiger partial charge in [0, 0.05) is 10.6 Å². The van der Waals surface area contributed by atoms with Crippen molar-refractivity contribution in [3.63, 3.8) is 0 Å². The van der Waals surface area contributed by atoms with E-state index in [1.807, 2.05) is 30.3 Å². The van der Waals surface area contributed by atoms with E-state index in [-0.39, 0.29) is 30.9 Å². The molecule has 37 heavy (non-hydrogen) atoms. The summed E-state index contributed by atoms with van der Waals surface area (Å²) < 4.78 is 23.1. The van der Waals surface area contributed by atoms with E-state index in [0.717, 1.165) is 17.3 Å². The van der Waals surface area contributed by atoms with E-state index in [1.54, 1.807) is 43.5 Å². The third-order valence-electron chi connectivity index (χ3n) is 5.39. The van der Waals surface area contributed by atoms with Crippen LogP contribution < -0.4 is 18.9 Å². The van der Waals surface area contributed by atoms with Crippen molar-refractivity contribution in [2.24, 2.45) is 0 Å². The Kier molecular flexibility index (Phi) is 9.02. The maximum absolute atomic E-state index is 12.9. The van der Waals surface area contributed by atoms with Crippen LogP contribution in [0.5, 0.6) is 23.0 Å². The van der Waals surface area contributed by atoms with Gasteiger partial charge in [-0.2, -0.15) is 0 Å². The average molecular weight is 605 g/mol. The number of benzene rings is 3. The third kappa shape index (κ3) is 6.41. The first-order valence-corrected chi connectivity index (χ1v) is 13.1. The Morgan fingerprint density at radius 2 is 1.65 bits per heavy atom. The van der Waals surface area contributed by atoms with Gasteiger partial charge in [-0.15, -0.1) is 0 Å². The van der Waals surface area contributed by atoms with Crippen LogP contribution in [0.1, 0.15) is 11.1 Å². The van der Waals surface area contributed by atoms with Crippen molar-refractivity contribution >= 4 is 56.5 Å². The smallest absolute Gasteiger partial charge is 0.293 e. The Bertz CT molecular complexity index is 1350. The average Bonchev–Trinajstić information content (AvgIpc) is 3.16. The van der Waals surface area contributed by atoms with Crippen LogP contribution >= 0.6 is 39.3 Å². The molecule has 3 aromatic rings. The Labute approximate surface area is 232 Å². The van der Waals surface area contributed by atoms with Crippen molar-refractivity contribution in [1.29, 1.82) is 0 Å². The lowest BCUT2D eigenvalue weighted by Gasteiger charge is -2.15. The number of imide groups is 1. The number of para-hydroxylation sites is 2. The van der Waals surface area contributed by atoms with E-state index in [1.165, 1.54) is 12.0 Å². The van der Waals surface area contributed by atoms with Crippen LogP contribution in [0.2, 0.25) is 5.02 Å². The van der Waals surface area contributed by atoms with E-state index in [9.17, 15) is 9.59 Å². The van der Waals surface area contributed by atoms with Crippen LogP contribution in [-0.2, 0) is 11.4 Å². The lowest BCUT2D eigenvalue weighted by molar-refractivity contribution is -0.123. The molecular weight excluding hydrogens is 582 g/mol. The largest absolute Gasteiger partial charge is 0.493 e. The van der Waals surface area contributed by atoms with E-state index in [0.29, 0.717) is 43.0 Å². The molecule has 1 fully saturated rings. The second kappa shape index (κ2) is 12.4. The Morgan fingerprint density at radius 1 is 0.946 bits per heavy atom. The molecule has 192 valence electrons. The summed E-state index contributed by atoms with van der Waals surface area (Å²) in [6.07, 6.45) is 1.65. The number of carbonyl (C=O) groups is 2. The van der Waals surface area contributed by atoms with E-state index < -0.39 is 0 Å². The van der Waals surface area contributed by atoms with Gasteiger partial charge >= 0.3 is 0 Å². The molecule has 0 unspecified atom stereocenters. The summed E-state index contributed by atoms with van der Waals surface area (Å²) in [4.78, 5) is 26.9. The second-order valence-electron chi connectivity index (χ2n) is 7.75. The molecule has 0 saturated carbocycles. The molecule has 0 N–H and O–H groups in total. The molecule has 0 aliphatic carbocycles. The fraction of sp³-hybridized carbons (Fsp3) is 0.185. The molecule has 0 aromatic heterocycles. The fourth-order valence-electron chi connectivity index (χ4n) is 3.56. The summed E-state index contributed by atoms with van der Waals surface area (Å²) in [5.74, 6) is 1.71. The third-order valence-corrected chi connectivity index (χ3v) is 7.26. The summed E-state index contributed by atoms with van der Waals surface area (Å²) in [6.45, 7) is 0.508. The Morgan fingerprint density at radius 3 is 2.38 bits per heavy atom. The molecular formula is C27H23BrClNO6S. The number of rotatable bonds is 10. The number of halogens is 2. The number of methoxy groups -OCH3 is 2. The van der Waals surface area contributed by atoms with Crippen molar-refractivity contribution in [3.05, 3.63) is 86.2 Å². The highest BCUT2D eigenvalue weighted by molar-refractivity contribution is 9.10. The van der Waals surface area contributed by atoms with Crippen molar-refractivity contribution < 1.29 is 28.5 Å². The zero-order chi connectivity index (χ0) is 26.4. The number of hydrogen-bond acceptors (Lipinski definition) is 7. The molecule has 4 rings (SSSR count). The van der Waals surface area contributed by atoms with Gasteiger partial charge < -0.3 is 18.9 Å². The zero-order valence-electron chi connectivity index (χ0n) is 20.0. The Balaban J connectivity index is 1.45. The van der Waals surface area contributed by atoms with Gasteiger partial charge in [0.15, 0.2) is 23.0 Å². The first-order chi connectivity index (χ1) is 17.9. The number of amides is 2. The first-order valence-electron chi connectivity index (χ1n) is 11.2. The molecule has 1 saturated heterocycles. The number of thioether (sulfide) groups is 1. The normalized spacial score (nSPS) is 14.3. The minimum atomic E-state index is -0.382. The number of ether oxygens (including phenoxy) is 4. The molecule has 0 atom stereocenters. The van der Waals surface area contributed by atoms with Gasteiger partial charge in [0.1, 0.15) is 13.2 Å². The quantitative estimate of drug-likeness (QED) is 0.235. The SMILES string of the molecule is COc1ccccc1OCCN1C(=O)S/C(=C\c2cc(Br)c(OCc3ccccc3Cl)c(OC)c2)C1=O. The van der Waals surface area contributed by atoms with Crippen LogP contribution in [0, 0.1) is 0 Å². The molecule has 7 nitrogen and oxygen atoms in total. The van der Waals surface area contributed by atoms with Crippen molar-refractivity contribution in [2.75, 3.05) is 27.4 Å². The van der Waals surface area contributed by atoms with Crippen molar-refractivity contribution in [1.82, 2.24) is 4.90 Å². The van der Waals surface area contributed by atoms with Crippen LogP contribution in [0.3, 0.4) is 0 Å². The molecule has 1 aliphatic rings. The van der Waals surface area contributed by atoms with E-state index in [4.69, 9.17) is 30.5 Å². The maximum Gasteiger partial charge on any atom is 0.293 e. The van der Waals surface area contributed by atoms with Crippen LogP contribution in [0.25, 0.3) is 6.08 Å². The van der Waals surface area contributed by atoms with Gasteiger partial charge in [-0.05, 0) is 69.7 Å². The van der Waals surface area contributed by atoms with Gasteiger partial charge in [0.25, 0.3) is 11.1 Å². The van der Waals surface area contributed by atoms with E-state index >= 15 is 0 Å². The first kappa shape index (κ1) is 26.9. The number of carbonyl (C=O) groups excluding carboxylic acids is 2. The zero-order valence-corrected chi connectivity index (χ0v) is 23.2. The van der Waals surface area contributed by atoms with Gasteiger partial charge in [-0.1, -0.05) is 41.9 Å². The Hall–Kier alpha value is -3.14. The summed E-state index contributed by atoms with van der Waals surface area (Å²) in [5, 5.41) is 0.254. The van der Waals surface area contributed by atoms with Gasteiger partial charge in [-0.3, -0.25) is 14.5 Å². The minimum Gasteiger partial charge on any atom is -0.493 e. The maximum atomic E-state index is 12.9. The van der Waals surface area contributed by atoms with Crippen molar-refractivity contribution in [2.45, 2.75) is 6.61 Å².